The number of unbranched alkanes of at least 4 members (excludes halogenated alkanes) is 5. The molecule has 220 valence electrons. The molecule has 3 aromatic rings. The molecule has 0 amide bonds. The van der Waals surface area contributed by atoms with E-state index in [2.05, 4.69) is 0 Å². The summed E-state index contributed by atoms with van der Waals surface area (Å²) in [6.45, 7) is 2.91. The van der Waals surface area contributed by atoms with Crippen molar-refractivity contribution in [3.63, 3.8) is 0 Å². The van der Waals surface area contributed by atoms with Gasteiger partial charge in [-0.25, -0.2) is 4.79 Å². The van der Waals surface area contributed by atoms with E-state index in [1.807, 2.05) is 43.3 Å². The summed E-state index contributed by atoms with van der Waals surface area (Å²) >= 11 is 0. The Balaban J connectivity index is 1.11. The maximum Gasteiger partial charge on any atom is 0.343 e. The molecular weight excluding hydrogens is 524 g/mol. The van der Waals surface area contributed by atoms with Crippen LogP contribution in [0.2, 0.25) is 0 Å². The number of hydrogen-bond acceptors (Lipinski definition) is 8. The average molecular weight is 565 g/mol. The minimum atomic E-state index is -0.416. The first-order valence-electron chi connectivity index (χ1n) is 14.1. The number of esters is 2. The number of benzene rings is 3. The predicted octanol–water partition coefficient (Wildman–Crippen LogP) is 6.97. The highest BCUT2D eigenvalue weighted by atomic mass is 16.7. The van der Waals surface area contributed by atoms with Crippen molar-refractivity contribution in [2.24, 2.45) is 0 Å². The number of para-hydroxylation sites is 1. The Morgan fingerprint density at radius 3 is 2.10 bits per heavy atom. The van der Waals surface area contributed by atoms with E-state index in [4.69, 9.17) is 28.4 Å². The summed E-state index contributed by atoms with van der Waals surface area (Å²) in [5, 5.41) is 0. The van der Waals surface area contributed by atoms with Crippen molar-refractivity contribution in [1.82, 2.24) is 0 Å². The Kier molecular flexibility index (Phi) is 14.9. The van der Waals surface area contributed by atoms with Crippen molar-refractivity contribution in [3.8, 4) is 17.2 Å². The fourth-order valence-electron chi connectivity index (χ4n) is 3.78. The van der Waals surface area contributed by atoms with Gasteiger partial charge < -0.3 is 28.4 Å². The third-order valence-electron chi connectivity index (χ3n) is 6.05. The van der Waals surface area contributed by atoms with Gasteiger partial charge in [-0.2, -0.15) is 0 Å². The van der Waals surface area contributed by atoms with Gasteiger partial charge >= 0.3 is 11.9 Å². The molecule has 0 radical (unpaired) electrons. The summed E-state index contributed by atoms with van der Waals surface area (Å²) in [5.74, 6) is 1.11. The minimum Gasteiger partial charge on any atom is -0.468 e. The quantitative estimate of drug-likeness (QED) is 0.0629. The molecule has 0 bridgehead atoms. The first kappa shape index (κ1) is 31.6. The molecule has 0 fully saturated rings. The molecule has 0 aliphatic heterocycles. The van der Waals surface area contributed by atoms with Crippen LogP contribution in [-0.4, -0.2) is 44.8 Å². The van der Waals surface area contributed by atoms with Gasteiger partial charge in [0.1, 0.15) is 23.9 Å². The van der Waals surface area contributed by atoms with E-state index in [9.17, 15) is 9.59 Å². The second-order valence-corrected chi connectivity index (χ2v) is 9.51. The van der Waals surface area contributed by atoms with Gasteiger partial charge in [0.05, 0.1) is 18.3 Å². The molecule has 0 aliphatic carbocycles. The van der Waals surface area contributed by atoms with Crippen LogP contribution in [0.3, 0.4) is 0 Å². The smallest absolute Gasteiger partial charge is 0.343 e. The molecule has 8 nitrogen and oxygen atoms in total. The molecular formula is C33H40O8. The second-order valence-electron chi connectivity index (χ2n) is 9.51. The van der Waals surface area contributed by atoms with E-state index in [1.165, 1.54) is 0 Å². The van der Waals surface area contributed by atoms with Gasteiger partial charge in [0, 0.05) is 12.5 Å². The highest BCUT2D eigenvalue weighted by molar-refractivity contribution is 5.91. The van der Waals surface area contributed by atoms with Crippen molar-refractivity contribution >= 4 is 11.9 Å². The lowest BCUT2D eigenvalue weighted by molar-refractivity contribution is -0.149. The number of hydrogen-bond donors (Lipinski definition) is 0. The fourth-order valence-corrected chi connectivity index (χ4v) is 3.78. The van der Waals surface area contributed by atoms with Gasteiger partial charge in [-0.05, 0) is 56.2 Å². The first-order valence-corrected chi connectivity index (χ1v) is 14.1. The van der Waals surface area contributed by atoms with E-state index in [0.717, 1.165) is 44.3 Å². The van der Waals surface area contributed by atoms with Crippen molar-refractivity contribution < 1.29 is 38.0 Å². The average Bonchev–Trinajstić information content (AvgIpc) is 3.00. The maximum atomic E-state index is 12.2. The van der Waals surface area contributed by atoms with Crippen LogP contribution in [0, 0.1) is 0 Å². The molecule has 0 aromatic heterocycles. The zero-order valence-corrected chi connectivity index (χ0v) is 23.7. The van der Waals surface area contributed by atoms with Gasteiger partial charge in [0.25, 0.3) is 0 Å². The van der Waals surface area contributed by atoms with Crippen molar-refractivity contribution in [3.05, 3.63) is 90.5 Å². The zero-order valence-electron chi connectivity index (χ0n) is 23.7. The molecule has 41 heavy (non-hydrogen) atoms. The van der Waals surface area contributed by atoms with E-state index in [1.54, 1.807) is 48.5 Å². The molecule has 0 heterocycles. The predicted molar refractivity (Wildman–Crippen MR) is 155 cm³/mol. The van der Waals surface area contributed by atoms with Gasteiger partial charge in [0.2, 0.25) is 0 Å². The molecule has 3 aromatic carbocycles. The molecule has 1 unspecified atom stereocenters. The Morgan fingerprint density at radius 2 is 1.32 bits per heavy atom. The molecule has 1 atom stereocenters. The van der Waals surface area contributed by atoms with Gasteiger partial charge in [-0.3, -0.25) is 4.79 Å². The molecule has 0 aliphatic rings. The number of ether oxygens (including phenoxy) is 6. The SMILES string of the molecule is CC(COC(=O)CCCCCCCCOCOc1cccc(OC(=O)c2ccccc2)c1)OCOc1ccccc1. The van der Waals surface area contributed by atoms with Crippen LogP contribution in [0.25, 0.3) is 0 Å². The minimum absolute atomic E-state index is 0.114. The second kappa shape index (κ2) is 19.2. The monoisotopic (exact) mass is 564 g/mol. The molecule has 8 heteroatoms. The highest BCUT2D eigenvalue weighted by Gasteiger charge is 2.09. The Bertz CT molecular complexity index is 1140. The summed E-state index contributed by atoms with van der Waals surface area (Å²) in [4.78, 5) is 24.1. The summed E-state index contributed by atoms with van der Waals surface area (Å²) in [7, 11) is 0. The van der Waals surface area contributed by atoms with Crippen LogP contribution in [0.1, 0.15) is 62.2 Å². The molecule has 0 saturated carbocycles. The van der Waals surface area contributed by atoms with Crippen molar-refractivity contribution in [2.45, 2.75) is 58.0 Å². The highest BCUT2D eigenvalue weighted by Crippen LogP contribution is 2.20. The van der Waals surface area contributed by atoms with E-state index in [0.29, 0.717) is 30.1 Å². The van der Waals surface area contributed by atoms with Crippen LogP contribution in [0.5, 0.6) is 17.2 Å². The molecule has 3 rings (SSSR count). The van der Waals surface area contributed by atoms with Crippen LogP contribution in [-0.2, 0) is 19.0 Å². The normalized spacial score (nSPS) is 11.4. The summed E-state index contributed by atoms with van der Waals surface area (Å²) in [5.41, 5.74) is 0.488. The lowest BCUT2D eigenvalue weighted by Crippen LogP contribution is -2.21. The summed E-state index contributed by atoms with van der Waals surface area (Å²) < 4.78 is 32.9. The molecule has 0 N–H and O–H groups in total. The van der Waals surface area contributed by atoms with Crippen molar-refractivity contribution in [2.75, 3.05) is 26.8 Å². The zero-order chi connectivity index (χ0) is 29.0. The number of carbonyl (C=O) groups excluding carboxylic acids is 2. The number of rotatable bonds is 20. The van der Waals surface area contributed by atoms with Crippen molar-refractivity contribution in [1.29, 1.82) is 0 Å². The lowest BCUT2D eigenvalue weighted by Gasteiger charge is -2.14. The third-order valence-corrected chi connectivity index (χ3v) is 6.05. The van der Waals surface area contributed by atoms with Crippen LogP contribution in [0.15, 0.2) is 84.9 Å². The maximum absolute atomic E-state index is 12.2. The summed E-state index contributed by atoms with van der Waals surface area (Å²) in [6, 6.07) is 25.2. The standard InChI is InChI=1S/C33H40O8/c1-27(38-26-40-29-17-10-7-11-18-29)24-37-32(34)21-12-4-2-3-5-13-22-36-25-39-30-19-14-20-31(23-30)41-33(35)28-15-8-6-9-16-28/h6-11,14-20,23,27H,2-5,12-13,21-22,24-26H2,1H3. The third kappa shape index (κ3) is 13.8. The molecule has 0 spiro atoms. The Hall–Kier alpha value is -3.88. The van der Waals surface area contributed by atoms with Gasteiger partial charge in [-0.15, -0.1) is 0 Å². The van der Waals surface area contributed by atoms with Crippen LogP contribution < -0.4 is 14.2 Å². The molecule has 0 saturated heterocycles. The van der Waals surface area contributed by atoms with E-state index in [-0.39, 0.29) is 32.3 Å². The fraction of sp³-hybridized carbons (Fsp3) is 0.394. The van der Waals surface area contributed by atoms with E-state index < -0.39 is 5.97 Å². The first-order chi connectivity index (χ1) is 20.1. The van der Waals surface area contributed by atoms with E-state index >= 15 is 0 Å². The Labute approximate surface area is 242 Å². The topological polar surface area (TPSA) is 89.5 Å². The summed E-state index contributed by atoms with van der Waals surface area (Å²) in [6.07, 6.45) is 6.12. The number of carbonyl (C=O) groups is 2. The van der Waals surface area contributed by atoms with Crippen LogP contribution >= 0.6 is 0 Å². The van der Waals surface area contributed by atoms with Gasteiger partial charge in [0.15, 0.2) is 13.6 Å². The largest absolute Gasteiger partial charge is 0.468 e. The Morgan fingerprint density at radius 1 is 0.683 bits per heavy atom. The van der Waals surface area contributed by atoms with Gasteiger partial charge in [-0.1, -0.05) is 68.1 Å². The lowest BCUT2D eigenvalue weighted by atomic mass is 10.1. The van der Waals surface area contributed by atoms with Crippen LogP contribution in [0.4, 0.5) is 0 Å².